The van der Waals surface area contributed by atoms with Crippen LogP contribution >= 0.6 is 12.4 Å². The SMILES string of the molecule is COC(=O)c1ccc([C@@H](NC(=O)c2cc(C(=O)O)n3c(=O)[nH]cc3n2)C(N)=O)cc1.Cc1nc2cc(CN)ccc2o1.Cl. The number of aromatic nitrogens is 4. The summed E-state index contributed by atoms with van der Waals surface area (Å²) in [5, 5.41) is 11.7. The molecule has 0 aliphatic heterocycles. The summed E-state index contributed by atoms with van der Waals surface area (Å²) in [7, 11) is 1.22. The Morgan fingerprint density at radius 1 is 1.12 bits per heavy atom. The molecular weight excluding hydrogens is 586 g/mol. The van der Waals surface area contributed by atoms with Gasteiger partial charge in [0.1, 0.15) is 22.9 Å². The van der Waals surface area contributed by atoms with Gasteiger partial charge in [-0.1, -0.05) is 18.2 Å². The van der Waals surface area contributed by atoms with Crippen molar-refractivity contribution in [2.75, 3.05) is 7.11 Å². The second kappa shape index (κ2) is 13.4. The average Bonchev–Trinajstić information content (AvgIpc) is 3.55. The lowest BCUT2D eigenvalue weighted by Gasteiger charge is -2.16. The quantitative estimate of drug-likeness (QED) is 0.165. The molecule has 0 aliphatic rings. The zero-order valence-corrected chi connectivity index (χ0v) is 23.5. The zero-order valence-electron chi connectivity index (χ0n) is 22.7. The van der Waals surface area contributed by atoms with Crippen LogP contribution in [-0.4, -0.2) is 55.3 Å². The minimum Gasteiger partial charge on any atom is -0.477 e. The Morgan fingerprint density at radius 2 is 1.81 bits per heavy atom. The van der Waals surface area contributed by atoms with Crippen molar-refractivity contribution in [1.82, 2.24) is 24.7 Å². The molecular formula is C27H26ClN7O8. The lowest BCUT2D eigenvalue weighted by molar-refractivity contribution is -0.120. The van der Waals surface area contributed by atoms with E-state index in [1.807, 2.05) is 25.1 Å². The number of carboxylic acids is 1. The van der Waals surface area contributed by atoms with Crippen LogP contribution in [0, 0.1) is 6.92 Å². The van der Waals surface area contributed by atoms with Gasteiger partial charge in [0.15, 0.2) is 17.1 Å². The second-order valence-corrected chi connectivity index (χ2v) is 8.78. The molecule has 43 heavy (non-hydrogen) atoms. The van der Waals surface area contributed by atoms with Crippen molar-refractivity contribution < 1.29 is 33.4 Å². The van der Waals surface area contributed by atoms with E-state index >= 15 is 0 Å². The van der Waals surface area contributed by atoms with Crippen LogP contribution in [0.2, 0.25) is 0 Å². The van der Waals surface area contributed by atoms with Crippen molar-refractivity contribution >= 4 is 52.9 Å². The number of primary amides is 1. The Bertz CT molecular complexity index is 1880. The molecule has 1 atom stereocenters. The van der Waals surface area contributed by atoms with Gasteiger partial charge in [0.2, 0.25) is 5.91 Å². The number of H-pyrrole nitrogens is 1. The highest BCUT2D eigenvalue weighted by atomic mass is 35.5. The third-order valence-corrected chi connectivity index (χ3v) is 5.98. The number of ether oxygens (including phenoxy) is 1. The number of hydrogen-bond acceptors (Lipinski definition) is 10. The predicted octanol–water partition coefficient (Wildman–Crippen LogP) is 1.48. The third kappa shape index (κ3) is 7.03. The molecule has 0 radical (unpaired) electrons. The van der Waals surface area contributed by atoms with Crippen molar-refractivity contribution in [2.45, 2.75) is 19.5 Å². The smallest absolute Gasteiger partial charge is 0.353 e. The van der Waals surface area contributed by atoms with Gasteiger partial charge in [-0.3, -0.25) is 9.59 Å². The van der Waals surface area contributed by atoms with Crippen LogP contribution in [0.5, 0.6) is 0 Å². The second-order valence-electron chi connectivity index (χ2n) is 8.78. The molecule has 0 spiro atoms. The number of nitrogens with zero attached hydrogens (tertiary/aromatic N) is 3. The van der Waals surface area contributed by atoms with E-state index in [4.69, 9.17) is 15.9 Å². The van der Waals surface area contributed by atoms with Gasteiger partial charge in [-0.05, 0) is 35.4 Å². The number of methoxy groups -OCH3 is 1. The van der Waals surface area contributed by atoms with Gasteiger partial charge in [-0.15, -0.1) is 12.4 Å². The third-order valence-electron chi connectivity index (χ3n) is 5.98. The maximum atomic E-state index is 12.6. The summed E-state index contributed by atoms with van der Waals surface area (Å²) < 4.78 is 10.7. The van der Waals surface area contributed by atoms with E-state index in [2.05, 4.69) is 25.0 Å². The number of fused-ring (bicyclic) bond motifs is 2. The van der Waals surface area contributed by atoms with Crippen LogP contribution in [0.1, 0.15) is 54.4 Å². The van der Waals surface area contributed by atoms with Crippen LogP contribution in [0.4, 0.5) is 0 Å². The van der Waals surface area contributed by atoms with Crippen LogP contribution in [0.15, 0.2) is 63.9 Å². The molecule has 3 heterocycles. The first-order chi connectivity index (χ1) is 20.0. The standard InChI is InChI=1S/C18H15N5O7.C9H10N2O.ClH/c1-30-17(28)9-4-2-8(3-5-9)13(14(19)24)22-15(25)10-6-11(16(26)27)23-12(21-10)7-20-18(23)29;1-6-11-8-4-7(5-10)2-3-9(8)12-6;/h2-7,13H,1H3,(H2,19,24)(H,20,29)(H,22,25)(H,26,27);2-4H,5,10H2,1H3;1H/t13-;;/m1../s1. The molecule has 3 aromatic heterocycles. The number of amides is 2. The van der Waals surface area contributed by atoms with E-state index in [0.717, 1.165) is 33.3 Å². The van der Waals surface area contributed by atoms with Gasteiger partial charge in [-0.2, -0.15) is 0 Å². The number of hydrogen-bond donors (Lipinski definition) is 5. The van der Waals surface area contributed by atoms with Crippen LogP contribution in [-0.2, 0) is 16.1 Å². The van der Waals surface area contributed by atoms with E-state index in [0.29, 0.717) is 12.4 Å². The van der Waals surface area contributed by atoms with Gasteiger partial charge in [0.25, 0.3) is 5.91 Å². The summed E-state index contributed by atoms with van der Waals surface area (Å²) in [6, 6.07) is 11.0. The first-order valence-corrected chi connectivity index (χ1v) is 12.2. The number of carboxylic acid groups (broad SMARTS) is 1. The molecule has 0 saturated heterocycles. The summed E-state index contributed by atoms with van der Waals surface area (Å²) in [6.45, 7) is 2.38. The molecule has 224 valence electrons. The maximum Gasteiger partial charge on any atom is 0.353 e. The van der Waals surface area contributed by atoms with Gasteiger partial charge in [0.05, 0.1) is 12.7 Å². The summed E-state index contributed by atoms with van der Waals surface area (Å²) in [5.74, 6) is -3.13. The first kappa shape index (κ1) is 32.0. The highest BCUT2D eigenvalue weighted by Gasteiger charge is 2.24. The summed E-state index contributed by atoms with van der Waals surface area (Å²) >= 11 is 0. The van der Waals surface area contributed by atoms with Crippen molar-refractivity contribution in [3.05, 3.63) is 99.2 Å². The van der Waals surface area contributed by atoms with E-state index in [-0.39, 0.29) is 34.9 Å². The van der Waals surface area contributed by atoms with Crippen molar-refractivity contribution in [2.24, 2.45) is 11.5 Å². The van der Waals surface area contributed by atoms with Gasteiger partial charge in [0, 0.05) is 25.7 Å². The van der Waals surface area contributed by atoms with Crippen molar-refractivity contribution in [3.8, 4) is 0 Å². The minimum absolute atomic E-state index is 0. The molecule has 2 amide bonds. The molecule has 7 N–H and O–H groups in total. The number of esters is 1. The molecule has 2 aromatic carbocycles. The molecule has 0 fully saturated rings. The number of oxazole rings is 1. The number of carbonyl (C=O) groups is 4. The van der Waals surface area contributed by atoms with Crippen LogP contribution < -0.4 is 22.5 Å². The number of carbonyl (C=O) groups excluding carboxylic acids is 3. The number of rotatable bonds is 7. The maximum absolute atomic E-state index is 12.6. The average molecular weight is 612 g/mol. The molecule has 0 aliphatic carbocycles. The predicted molar refractivity (Wildman–Crippen MR) is 154 cm³/mol. The van der Waals surface area contributed by atoms with Crippen LogP contribution in [0.25, 0.3) is 16.7 Å². The Balaban J connectivity index is 0.000000324. The topological polar surface area (TPSA) is 238 Å². The number of nitrogens with two attached hydrogens (primary N) is 2. The Hall–Kier alpha value is -5.54. The molecule has 0 bridgehead atoms. The lowest BCUT2D eigenvalue weighted by atomic mass is 10.0. The molecule has 16 heteroatoms. The fourth-order valence-electron chi connectivity index (χ4n) is 3.97. The van der Waals surface area contributed by atoms with Gasteiger partial charge < -0.3 is 36.0 Å². The normalized spacial score (nSPS) is 11.1. The number of aromatic carboxylic acids is 1. The number of nitrogens with one attached hydrogen (secondary N) is 2. The highest BCUT2D eigenvalue weighted by Crippen LogP contribution is 2.17. The largest absolute Gasteiger partial charge is 0.477 e. The van der Waals surface area contributed by atoms with E-state index in [1.165, 1.54) is 31.4 Å². The van der Waals surface area contributed by atoms with Crippen molar-refractivity contribution in [1.29, 1.82) is 0 Å². The number of aromatic amines is 1. The number of imidazole rings is 1. The Morgan fingerprint density at radius 3 is 2.42 bits per heavy atom. The Labute approximate surface area is 248 Å². The van der Waals surface area contributed by atoms with E-state index < -0.39 is 41.2 Å². The first-order valence-electron chi connectivity index (χ1n) is 12.2. The lowest BCUT2D eigenvalue weighted by Crippen LogP contribution is -2.38. The summed E-state index contributed by atoms with van der Waals surface area (Å²) in [6.07, 6.45) is 1.14. The zero-order chi connectivity index (χ0) is 30.6. The fraction of sp³-hybridized carbons (Fsp3) is 0.148. The molecule has 0 saturated carbocycles. The fourth-order valence-corrected chi connectivity index (χ4v) is 3.97. The molecule has 0 unspecified atom stereocenters. The number of aryl methyl sites for hydroxylation is 1. The van der Waals surface area contributed by atoms with E-state index in [1.54, 1.807) is 0 Å². The van der Waals surface area contributed by atoms with Gasteiger partial charge >= 0.3 is 17.6 Å². The van der Waals surface area contributed by atoms with Crippen molar-refractivity contribution in [3.63, 3.8) is 0 Å². The summed E-state index contributed by atoms with van der Waals surface area (Å²) in [4.78, 5) is 69.7. The molecule has 15 nitrogen and oxygen atoms in total. The van der Waals surface area contributed by atoms with Crippen LogP contribution in [0.3, 0.4) is 0 Å². The molecule has 5 aromatic rings. The number of halogens is 1. The highest BCUT2D eigenvalue weighted by molar-refractivity contribution is 5.98. The molecule has 5 rings (SSSR count). The number of benzene rings is 2. The minimum atomic E-state index is -1.46. The Kier molecular flexibility index (Phi) is 9.98. The van der Waals surface area contributed by atoms with Gasteiger partial charge in [-0.25, -0.2) is 28.8 Å². The monoisotopic (exact) mass is 611 g/mol. The van der Waals surface area contributed by atoms with E-state index in [9.17, 15) is 29.1 Å². The summed E-state index contributed by atoms with van der Waals surface area (Å²) in [5.41, 5.74) is 12.5.